The van der Waals surface area contributed by atoms with E-state index in [4.69, 9.17) is 44.9 Å². The topological polar surface area (TPSA) is 122 Å². The van der Waals surface area contributed by atoms with Gasteiger partial charge in [-0.25, -0.2) is 4.79 Å². The molecule has 0 radical (unpaired) electrons. The molecule has 6 nitrogen and oxygen atoms in total. The van der Waals surface area contributed by atoms with Crippen molar-refractivity contribution in [3.63, 3.8) is 0 Å². The number of nitrogen functional groups attached to an aromatic ring is 1. The summed E-state index contributed by atoms with van der Waals surface area (Å²) in [5.41, 5.74) is 10.9. The first kappa shape index (κ1) is 16.7. The van der Waals surface area contributed by atoms with E-state index in [9.17, 15) is 4.79 Å². The van der Waals surface area contributed by atoms with Gasteiger partial charge in [-0.2, -0.15) is 0 Å². The molecule has 0 saturated heterocycles. The van der Waals surface area contributed by atoms with E-state index < -0.39 is 6.03 Å². The molecule has 2 aromatic carbocycles. The monoisotopic (exact) mass is 329 g/mol. The van der Waals surface area contributed by atoms with E-state index in [0.717, 1.165) is 0 Å². The molecule has 0 aliphatic rings. The predicted molar refractivity (Wildman–Crippen MR) is 83.9 cm³/mol. The minimum atomic E-state index is -0.720. The summed E-state index contributed by atoms with van der Waals surface area (Å²) in [5, 5.41) is 20.9. The van der Waals surface area contributed by atoms with Crippen molar-refractivity contribution in [1.82, 2.24) is 0 Å². The molecule has 0 aliphatic heterocycles. The normalized spacial score (nSPS) is 9.43. The maximum Gasteiger partial charge on any atom is 0.316 e. The van der Waals surface area contributed by atoms with Gasteiger partial charge < -0.3 is 27.0 Å². The summed E-state index contributed by atoms with van der Waals surface area (Å²) in [6.45, 7) is 0. The Morgan fingerprint density at radius 1 is 1.00 bits per heavy atom. The Bertz CT molecular complexity index is 651. The van der Waals surface area contributed by atoms with E-state index in [-0.39, 0.29) is 11.5 Å². The van der Waals surface area contributed by atoms with Gasteiger partial charge in [0.1, 0.15) is 11.5 Å². The van der Waals surface area contributed by atoms with Crippen molar-refractivity contribution in [3.8, 4) is 11.5 Å². The first-order chi connectivity index (χ1) is 9.79. The highest BCUT2D eigenvalue weighted by Gasteiger charge is 2.02. The van der Waals surface area contributed by atoms with Gasteiger partial charge in [0.05, 0.1) is 21.4 Å². The van der Waals surface area contributed by atoms with Gasteiger partial charge in [-0.05, 0) is 24.3 Å². The van der Waals surface area contributed by atoms with Crippen LogP contribution in [0.25, 0.3) is 0 Å². The third-order valence-electron chi connectivity index (χ3n) is 2.19. The molecule has 0 aliphatic carbocycles. The number of carbonyl (C=O) groups is 1. The number of halogens is 2. The van der Waals surface area contributed by atoms with Crippen LogP contribution >= 0.6 is 23.2 Å². The van der Waals surface area contributed by atoms with Crippen LogP contribution in [0.3, 0.4) is 0 Å². The number of benzene rings is 2. The second kappa shape index (κ2) is 7.47. The van der Waals surface area contributed by atoms with Crippen LogP contribution in [-0.4, -0.2) is 16.2 Å². The molecular weight excluding hydrogens is 317 g/mol. The Kier molecular flexibility index (Phi) is 5.95. The molecule has 0 heterocycles. The third kappa shape index (κ3) is 5.68. The van der Waals surface area contributed by atoms with E-state index in [1.54, 1.807) is 6.07 Å². The Hall–Kier alpha value is -2.31. The van der Waals surface area contributed by atoms with E-state index in [1.807, 2.05) is 0 Å². The molecule has 21 heavy (non-hydrogen) atoms. The lowest BCUT2D eigenvalue weighted by Crippen LogP contribution is -2.19. The molecule has 0 atom stereocenters. The maximum absolute atomic E-state index is 10.4. The number of rotatable bonds is 1. The van der Waals surface area contributed by atoms with Crippen LogP contribution in [-0.2, 0) is 0 Å². The summed E-state index contributed by atoms with van der Waals surface area (Å²) >= 11 is 11.2. The Morgan fingerprint density at radius 3 is 2.00 bits per heavy atom. The highest BCUT2D eigenvalue weighted by molar-refractivity contribution is 6.33. The molecule has 112 valence electrons. The van der Waals surface area contributed by atoms with E-state index in [0.29, 0.717) is 21.4 Å². The lowest BCUT2D eigenvalue weighted by Gasteiger charge is -2.03. The molecule has 0 saturated carbocycles. The zero-order valence-corrected chi connectivity index (χ0v) is 12.2. The van der Waals surface area contributed by atoms with Crippen LogP contribution in [0.5, 0.6) is 11.5 Å². The second-order valence-corrected chi connectivity index (χ2v) is 4.67. The highest BCUT2D eigenvalue weighted by Crippen LogP contribution is 2.25. The first-order valence-corrected chi connectivity index (χ1v) is 6.34. The zero-order valence-electron chi connectivity index (χ0n) is 10.7. The van der Waals surface area contributed by atoms with Crippen LogP contribution in [0.15, 0.2) is 36.4 Å². The van der Waals surface area contributed by atoms with Gasteiger partial charge in [0, 0.05) is 12.1 Å². The van der Waals surface area contributed by atoms with Gasteiger partial charge >= 0.3 is 6.03 Å². The Morgan fingerprint density at radius 2 is 1.52 bits per heavy atom. The summed E-state index contributed by atoms with van der Waals surface area (Å²) in [6, 6.07) is 7.90. The number of nitrogens with one attached hydrogen (secondary N) is 1. The minimum absolute atomic E-state index is 0.0168. The number of hydrogen-bond donors (Lipinski definition) is 5. The molecular formula is C13H13Cl2N3O3. The lowest BCUT2D eigenvalue weighted by atomic mass is 10.3. The Labute approximate surface area is 130 Å². The van der Waals surface area contributed by atoms with E-state index in [1.165, 1.54) is 30.3 Å². The molecule has 8 heteroatoms. The van der Waals surface area contributed by atoms with Crippen LogP contribution in [0.4, 0.5) is 16.2 Å². The summed E-state index contributed by atoms with van der Waals surface area (Å²) < 4.78 is 0. The molecule has 2 aromatic rings. The van der Waals surface area contributed by atoms with Crippen molar-refractivity contribution in [1.29, 1.82) is 0 Å². The average Bonchev–Trinajstić information content (AvgIpc) is 2.39. The molecule has 0 bridgehead atoms. The summed E-state index contributed by atoms with van der Waals surface area (Å²) in [4.78, 5) is 10.4. The number of nitrogens with two attached hydrogens (primary N) is 2. The van der Waals surface area contributed by atoms with Crippen molar-refractivity contribution in [2.75, 3.05) is 11.1 Å². The number of carbonyl (C=O) groups excluding carboxylic acids is 1. The number of anilines is 2. The number of phenolic OH excluding ortho intramolecular Hbond substituents is 2. The fourth-order valence-corrected chi connectivity index (χ4v) is 1.56. The van der Waals surface area contributed by atoms with Crippen molar-refractivity contribution < 1.29 is 15.0 Å². The molecule has 0 aromatic heterocycles. The number of primary amides is 1. The first-order valence-electron chi connectivity index (χ1n) is 5.58. The molecule has 2 amide bonds. The summed E-state index contributed by atoms with van der Waals surface area (Å²) in [5.74, 6) is 0.153. The minimum Gasteiger partial charge on any atom is -0.508 e. The van der Waals surface area contributed by atoms with Crippen LogP contribution < -0.4 is 16.8 Å². The third-order valence-corrected chi connectivity index (χ3v) is 2.86. The number of phenols is 2. The maximum atomic E-state index is 10.4. The smallest absolute Gasteiger partial charge is 0.316 e. The fraction of sp³-hybridized carbons (Fsp3) is 0. The van der Waals surface area contributed by atoms with Gasteiger partial charge in [-0.1, -0.05) is 23.2 Å². The molecule has 0 unspecified atom stereocenters. The van der Waals surface area contributed by atoms with Gasteiger partial charge in [-0.15, -0.1) is 0 Å². The highest BCUT2D eigenvalue weighted by atomic mass is 35.5. The second-order valence-electron chi connectivity index (χ2n) is 3.86. The van der Waals surface area contributed by atoms with Gasteiger partial charge in [0.15, 0.2) is 0 Å². The standard InChI is InChI=1S/C7H7ClN2O2.C6H6ClNO/c8-5-2-1-4(11)3-6(5)10-7(9)12;7-5-2-1-4(9)3-6(5)8/h1-3,11H,(H3,9,10,12);1-3,9H,8H2. The number of amides is 2. The van der Waals surface area contributed by atoms with Crippen molar-refractivity contribution >= 4 is 40.6 Å². The number of urea groups is 1. The zero-order chi connectivity index (χ0) is 16.0. The van der Waals surface area contributed by atoms with Gasteiger partial charge in [0.25, 0.3) is 0 Å². The quantitative estimate of drug-likeness (QED) is 0.516. The number of hydrogen-bond acceptors (Lipinski definition) is 4. The van der Waals surface area contributed by atoms with E-state index in [2.05, 4.69) is 5.32 Å². The van der Waals surface area contributed by atoms with Gasteiger partial charge in [-0.3, -0.25) is 0 Å². The van der Waals surface area contributed by atoms with Crippen molar-refractivity contribution in [2.24, 2.45) is 5.73 Å². The molecule has 0 fully saturated rings. The van der Waals surface area contributed by atoms with Crippen LogP contribution in [0.2, 0.25) is 10.0 Å². The van der Waals surface area contributed by atoms with Crippen molar-refractivity contribution in [2.45, 2.75) is 0 Å². The molecule has 7 N–H and O–H groups in total. The SMILES string of the molecule is NC(=O)Nc1cc(O)ccc1Cl.Nc1cc(O)ccc1Cl. The van der Waals surface area contributed by atoms with Gasteiger partial charge in [0.2, 0.25) is 0 Å². The fourth-order valence-electron chi connectivity index (χ4n) is 1.27. The van der Waals surface area contributed by atoms with Crippen molar-refractivity contribution in [3.05, 3.63) is 46.4 Å². The molecule has 2 rings (SSSR count). The van der Waals surface area contributed by atoms with Crippen LogP contribution in [0.1, 0.15) is 0 Å². The summed E-state index contributed by atoms with van der Waals surface area (Å²) in [7, 11) is 0. The van der Waals surface area contributed by atoms with Crippen LogP contribution in [0, 0.1) is 0 Å². The molecule has 0 spiro atoms. The largest absolute Gasteiger partial charge is 0.508 e. The lowest BCUT2D eigenvalue weighted by molar-refractivity contribution is 0.259. The predicted octanol–water partition coefficient (Wildman–Crippen LogP) is 3.16. The Balaban J connectivity index is 0.000000219. The van der Waals surface area contributed by atoms with E-state index >= 15 is 0 Å². The summed E-state index contributed by atoms with van der Waals surface area (Å²) in [6.07, 6.45) is 0. The average molecular weight is 330 g/mol. The number of aromatic hydroxyl groups is 2.